The third kappa shape index (κ3) is 5.14. The number of carbonyl (C=O) groups is 1. The van der Waals surface area contributed by atoms with Gasteiger partial charge in [0.25, 0.3) is 0 Å². The third-order valence-corrected chi connectivity index (χ3v) is 3.32. The summed E-state index contributed by atoms with van der Waals surface area (Å²) in [7, 11) is -0.233. The van der Waals surface area contributed by atoms with E-state index in [4.69, 9.17) is 9.47 Å². The second-order valence-electron chi connectivity index (χ2n) is 3.98. The fourth-order valence-electron chi connectivity index (χ4n) is 1.19. The summed E-state index contributed by atoms with van der Waals surface area (Å²) in [5.41, 5.74) is 0.464. The fourth-order valence-corrected chi connectivity index (χ4v) is 1.74. The molecule has 1 aromatic rings. The molecule has 0 aromatic carbocycles. The summed E-state index contributed by atoms with van der Waals surface area (Å²) in [5.74, 6) is -0.341. The first-order valence-corrected chi connectivity index (χ1v) is 8.40. The van der Waals surface area contributed by atoms with Crippen molar-refractivity contribution in [1.82, 2.24) is 9.78 Å². The molecule has 17 heavy (non-hydrogen) atoms. The van der Waals surface area contributed by atoms with E-state index in [0.717, 1.165) is 12.7 Å². The van der Waals surface area contributed by atoms with Gasteiger partial charge in [-0.1, -0.05) is 0 Å². The Kier molecular flexibility index (Phi) is 5.92. The Hall–Kier alpha value is -1.14. The summed E-state index contributed by atoms with van der Waals surface area (Å²) >= 11 is 0. The van der Waals surface area contributed by atoms with E-state index in [-0.39, 0.29) is 14.8 Å². The zero-order chi connectivity index (χ0) is 12.7. The Balaban J connectivity index is 2.33. The summed E-state index contributed by atoms with van der Waals surface area (Å²) in [6, 6.07) is 1.12. The van der Waals surface area contributed by atoms with Crippen LogP contribution in [-0.2, 0) is 16.2 Å². The minimum absolute atomic E-state index is 0.233. The van der Waals surface area contributed by atoms with E-state index < -0.39 is 0 Å². The molecule has 1 rings (SSSR count). The van der Waals surface area contributed by atoms with Crippen molar-refractivity contribution in [1.29, 1.82) is 0 Å². The average molecular weight is 255 g/mol. The van der Waals surface area contributed by atoms with Gasteiger partial charge in [-0.2, -0.15) is 5.10 Å². The first-order chi connectivity index (χ1) is 8.13. The number of hydrogen-bond acceptors (Lipinski definition) is 4. The second kappa shape index (κ2) is 7.23. The molecule has 6 heteroatoms. The van der Waals surface area contributed by atoms with Crippen LogP contribution in [0.5, 0.6) is 0 Å². The number of carbonyl (C=O) groups excluding carboxylic acids is 1. The quantitative estimate of drug-likeness (QED) is 0.423. The summed E-state index contributed by atoms with van der Waals surface area (Å²) < 4.78 is 11.9. The number of aromatic nitrogens is 2. The van der Waals surface area contributed by atoms with Crippen LogP contribution in [0, 0.1) is 0 Å². The number of hydrogen-bond donors (Lipinski definition) is 0. The molecule has 0 amide bonds. The normalized spacial score (nSPS) is 10.3. The molecule has 0 atom stereocenters. The molecule has 0 aliphatic carbocycles. The van der Waals surface area contributed by atoms with Crippen molar-refractivity contribution in [2.45, 2.75) is 32.8 Å². The molecule has 0 unspecified atom stereocenters. The number of nitrogens with zero attached hydrogens (tertiary/aromatic N) is 2. The van der Waals surface area contributed by atoms with E-state index in [9.17, 15) is 4.79 Å². The smallest absolute Gasteiger partial charge is 0.341 e. The molecule has 0 bridgehead atoms. The van der Waals surface area contributed by atoms with E-state index in [1.165, 1.54) is 6.20 Å². The van der Waals surface area contributed by atoms with E-state index in [0.29, 0.717) is 18.9 Å². The van der Waals surface area contributed by atoms with Gasteiger partial charge in [0.2, 0.25) is 0 Å². The van der Waals surface area contributed by atoms with Crippen molar-refractivity contribution >= 4 is 14.8 Å². The third-order valence-electron chi connectivity index (χ3n) is 2.11. The highest BCUT2D eigenvalue weighted by molar-refractivity contribution is 6.55. The van der Waals surface area contributed by atoms with Gasteiger partial charge in [0.05, 0.1) is 44.1 Å². The van der Waals surface area contributed by atoms with Gasteiger partial charge in [-0.15, -0.1) is 0 Å². The molecule has 94 valence electrons. The van der Waals surface area contributed by atoms with Crippen molar-refractivity contribution in [2.75, 3.05) is 13.2 Å². The van der Waals surface area contributed by atoms with E-state index in [1.54, 1.807) is 17.8 Å². The summed E-state index contributed by atoms with van der Waals surface area (Å²) in [6.45, 7) is 7.78. The first-order valence-electron chi connectivity index (χ1n) is 5.69. The average Bonchev–Trinajstić information content (AvgIpc) is 2.73. The molecule has 1 heterocycles. The van der Waals surface area contributed by atoms with Crippen molar-refractivity contribution in [2.24, 2.45) is 0 Å². The SMILES string of the molecule is CCOC(=O)c1cnn(COCC[Si+](C)C)c1. The predicted octanol–water partition coefficient (Wildman–Crippen LogP) is 1.79. The molecular formula is C11H19N2O3Si+. The largest absolute Gasteiger partial charge is 0.462 e. The number of rotatable bonds is 7. The van der Waals surface area contributed by atoms with Crippen LogP contribution in [0.1, 0.15) is 17.3 Å². The Bertz CT molecular complexity index is 352. The lowest BCUT2D eigenvalue weighted by Gasteiger charge is -2.01. The van der Waals surface area contributed by atoms with E-state index in [1.807, 2.05) is 0 Å². The van der Waals surface area contributed by atoms with Crippen LogP contribution in [0.4, 0.5) is 0 Å². The molecule has 0 aliphatic rings. The van der Waals surface area contributed by atoms with E-state index >= 15 is 0 Å². The molecule has 0 aliphatic heterocycles. The maximum atomic E-state index is 11.4. The predicted molar refractivity (Wildman–Crippen MR) is 66.4 cm³/mol. The Labute approximate surface area is 103 Å². The number of ether oxygens (including phenoxy) is 2. The van der Waals surface area contributed by atoms with Crippen molar-refractivity contribution in [3.63, 3.8) is 0 Å². The number of esters is 1. The van der Waals surface area contributed by atoms with Crippen LogP contribution in [0.3, 0.4) is 0 Å². The van der Waals surface area contributed by atoms with Gasteiger partial charge >= 0.3 is 14.8 Å². The zero-order valence-electron chi connectivity index (χ0n) is 10.6. The molecule has 0 saturated carbocycles. The summed E-state index contributed by atoms with van der Waals surface area (Å²) in [6.07, 6.45) is 3.14. The van der Waals surface area contributed by atoms with Gasteiger partial charge in [-0.25, -0.2) is 9.48 Å². The maximum Gasteiger partial charge on any atom is 0.341 e. The standard InChI is InChI=1S/C11H19N2O3Si/c1-4-16-11(14)10-7-12-13(8-10)9-15-5-6-17(2)3/h7-8H,4-6,9H2,1-3H3/q+1. The van der Waals surface area contributed by atoms with Crippen LogP contribution in [0.2, 0.25) is 19.1 Å². The molecule has 0 radical (unpaired) electrons. The van der Waals surface area contributed by atoms with Gasteiger partial charge in [0.1, 0.15) is 6.73 Å². The Morgan fingerprint density at radius 1 is 1.53 bits per heavy atom. The molecule has 0 fully saturated rings. The molecule has 5 nitrogen and oxygen atoms in total. The lowest BCUT2D eigenvalue weighted by Crippen LogP contribution is -2.09. The summed E-state index contributed by atoms with van der Waals surface area (Å²) in [4.78, 5) is 11.4. The van der Waals surface area contributed by atoms with Gasteiger partial charge in [0.15, 0.2) is 0 Å². The first kappa shape index (κ1) is 13.9. The lowest BCUT2D eigenvalue weighted by atomic mass is 10.4. The zero-order valence-corrected chi connectivity index (χ0v) is 11.6. The van der Waals surface area contributed by atoms with Crippen LogP contribution in [0.25, 0.3) is 0 Å². The van der Waals surface area contributed by atoms with Crippen molar-refractivity contribution in [3.8, 4) is 0 Å². The Morgan fingerprint density at radius 2 is 2.29 bits per heavy atom. The van der Waals surface area contributed by atoms with Crippen LogP contribution >= 0.6 is 0 Å². The lowest BCUT2D eigenvalue weighted by molar-refractivity contribution is 0.0525. The van der Waals surface area contributed by atoms with Crippen LogP contribution < -0.4 is 0 Å². The molecule has 1 aromatic heterocycles. The highest BCUT2D eigenvalue weighted by Crippen LogP contribution is 2.01. The van der Waals surface area contributed by atoms with Crippen molar-refractivity contribution in [3.05, 3.63) is 18.0 Å². The molecule has 0 N–H and O–H groups in total. The minimum Gasteiger partial charge on any atom is -0.462 e. The van der Waals surface area contributed by atoms with Crippen LogP contribution in [-0.4, -0.2) is 37.8 Å². The van der Waals surface area contributed by atoms with Gasteiger partial charge in [-0.05, 0) is 6.92 Å². The molecule has 0 spiro atoms. The van der Waals surface area contributed by atoms with Gasteiger partial charge < -0.3 is 9.47 Å². The van der Waals surface area contributed by atoms with Gasteiger partial charge in [0, 0.05) is 6.20 Å². The minimum atomic E-state index is -0.341. The highest BCUT2D eigenvalue weighted by atomic mass is 28.3. The monoisotopic (exact) mass is 255 g/mol. The van der Waals surface area contributed by atoms with Gasteiger partial charge in [-0.3, -0.25) is 0 Å². The molecular weight excluding hydrogens is 236 g/mol. The van der Waals surface area contributed by atoms with Crippen molar-refractivity contribution < 1.29 is 14.3 Å². The summed E-state index contributed by atoms with van der Waals surface area (Å²) in [5, 5.41) is 4.04. The maximum absolute atomic E-state index is 11.4. The highest BCUT2D eigenvalue weighted by Gasteiger charge is 2.11. The van der Waals surface area contributed by atoms with E-state index in [2.05, 4.69) is 18.2 Å². The topological polar surface area (TPSA) is 53.3 Å². The van der Waals surface area contributed by atoms with Crippen LogP contribution in [0.15, 0.2) is 12.4 Å². The fraction of sp³-hybridized carbons (Fsp3) is 0.636. The second-order valence-corrected chi connectivity index (χ2v) is 6.90. The molecule has 0 saturated heterocycles. The Morgan fingerprint density at radius 3 is 2.94 bits per heavy atom.